The summed E-state index contributed by atoms with van der Waals surface area (Å²) in [6.07, 6.45) is 2.80. The monoisotopic (exact) mass is 443 g/mol. The average molecular weight is 444 g/mol. The first-order valence-corrected chi connectivity index (χ1v) is 11.1. The third-order valence-corrected chi connectivity index (χ3v) is 6.71. The third-order valence-electron chi connectivity index (χ3n) is 6.71. The largest absolute Gasteiger partial charge is 0.454 e. The van der Waals surface area contributed by atoms with E-state index in [4.69, 9.17) is 4.74 Å². The highest BCUT2D eigenvalue weighted by Gasteiger charge is 2.53. The van der Waals surface area contributed by atoms with Crippen molar-refractivity contribution < 1.29 is 23.9 Å². The molecule has 1 aromatic rings. The lowest BCUT2D eigenvalue weighted by atomic mass is 9.67. The number of ether oxygens (including phenoxy) is 1. The number of amides is 4. The van der Waals surface area contributed by atoms with Gasteiger partial charge in [-0.2, -0.15) is 0 Å². The fraction of sp³-hybridized carbons (Fsp3) is 0.583. The number of anilines is 1. The lowest BCUT2D eigenvalue weighted by Gasteiger charge is -2.40. The predicted octanol–water partition coefficient (Wildman–Crippen LogP) is 3.31. The zero-order valence-corrected chi connectivity index (χ0v) is 19.5. The van der Waals surface area contributed by atoms with Crippen molar-refractivity contribution >= 4 is 29.5 Å². The molecule has 1 aliphatic heterocycles. The molecule has 0 bridgehead atoms. The van der Waals surface area contributed by atoms with Crippen LogP contribution < -0.4 is 10.6 Å². The van der Waals surface area contributed by atoms with Crippen LogP contribution >= 0.6 is 0 Å². The molecule has 1 aromatic carbocycles. The molecule has 0 atom stereocenters. The first-order valence-electron chi connectivity index (χ1n) is 11.1. The SMILES string of the molecule is Cc1cccc(C)c1NC(=O)COC(=O)CN1C(=O)NC2(CCC(C(C)(C)C)CC2)C1=O. The minimum Gasteiger partial charge on any atom is -0.454 e. The van der Waals surface area contributed by atoms with Gasteiger partial charge in [0, 0.05) is 5.69 Å². The summed E-state index contributed by atoms with van der Waals surface area (Å²) in [5, 5.41) is 5.54. The molecule has 0 aromatic heterocycles. The Morgan fingerprint density at radius 1 is 1.16 bits per heavy atom. The van der Waals surface area contributed by atoms with Crippen molar-refractivity contribution in [3.05, 3.63) is 29.3 Å². The van der Waals surface area contributed by atoms with E-state index in [1.54, 1.807) is 0 Å². The average Bonchev–Trinajstić information content (AvgIpc) is 2.93. The van der Waals surface area contributed by atoms with E-state index in [1.807, 2.05) is 32.0 Å². The molecule has 0 radical (unpaired) electrons. The highest BCUT2D eigenvalue weighted by molar-refractivity contribution is 6.08. The summed E-state index contributed by atoms with van der Waals surface area (Å²) in [5.41, 5.74) is 1.69. The fourth-order valence-electron chi connectivity index (χ4n) is 4.64. The predicted molar refractivity (Wildman–Crippen MR) is 120 cm³/mol. The quantitative estimate of drug-likeness (QED) is 0.537. The molecule has 8 nitrogen and oxygen atoms in total. The number of hydrogen-bond donors (Lipinski definition) is 2. The Kier molecular flexibility index (Phi) is 6.62. The van der Waals surface area contributed by atoms with Gasteiger partial charge in [-0.3, -0.25) is 19.3 Å². The molecule has 0 unspecified atom stereocenters. The zero-order valence-electron chi connectivity index (χ0n) is 19.5. The van der Waals surface area contributed by atoms with Crippen molar-refractivity contribution in [2.24, 2.45) is 11.3 Å². The summed E-state index contributed by atoms with van der Waals surface area (Å²) in [6.45, 7) is 9.30. The van der Waals surface area contributed by atoms with Crippen LogP contribution in [-0.4, -0.2) is 47.4 Å². The molecule has 1 saturated heterocycles. The number of hydrogen-bond acceptors (Lipinski definition) is 5. The molecule has 1 spiro atoms. The molecule has 8 heteroatoms. The van der Waals surface area contributed by atoms with Crippen LogP contribution in [0.2, 0.25) is 0 Å². The second kappa shape index (κ2) is 8.92. The number of imide groups is 1. The number of benzene rings is 1. The minimum atomic E-state index is -0.932. The number of aryl methyl sites for hydroxylation is 2. The van der Waals surface area contributed by atoms with Gasteiger partial charge in [0.25, 0.3) is 11.8 Å². The number of para-hydroxylation sites is 1. The Hall–Kier alpha value is -2.90. The number of nitrogens with one attached hydrogen (secondary N) is 2. The number of esters is 1. The van der Waals surface area contributed by atoms with E-state index < -0.39 is 36.6 Å². The second-order valence-corrected chi connectivity index (χ2v) is 10.0. The van der Waals surface area contributed by atoms with Gasteiger partial charge in [-0.15, -0.1) is 0 Å². The number of carbonyl (C=O) groups excluding carboxylic acids is 4. The van der Waals surface area contributed by atoms with Crippen molar-refractivity contribution in [2.75, 3.05) is 18.5 Å². The summed E-state index contributed by atoms with van der Waals surface area (Å²) in [5.74, 6) is -1.19. The maximum absolute atomic E-state index is 13.0. The van der Waals surface area contributed by atoms with Gasteiger partial charge in [0.1, 0.15) is 12.1 Å². The first-order chi connectivity index (χ1) is 14.9. The van der Waals surface area contributed by atoms with Crippen LogP contribution in [0.3, 0.4) is 0 Å². The maximum Gasteiger partial charge on any atom is 0.326 e. The topological polar surface area (TPSA) is 105 Å². The van der Waals surface area contributed by atoms with Crippen LogP contribution in [0.5, 0.6) is 0 Å². The van der Waals surface area contributed by atoms with Gasteiger partial charge >= 0.3 is 12.0 Å². The van der Waals surface area contributed by atoms with E-state index in [0.717, 1.165) is 28.9 Å². The van der Waals surface area contributed by atoms with E-state index in [9.17, 15) is 19.2 Å². The van der Waals surface area contributed by atoms with Crippen LogP contribution in [0.4, 0.5) is 10.5 Å². The summed E-state index contributed by atoms with van der Waals surface area (Å²) in [7, 11) is 0. The zero-order chi connectivity index (χ0) is 23.7. The van der Waals surface area contributed by atoms with E-state index in [2.05, 4.69) is 31.4 Å². The van der Waals surface area contributed by atoms with Crippen molar-refractivity contribution in [1.82, 2.24) is 10.2 Å². The van der Waals surface area contributed by atoms with E-state index >= 15 is 0 Å². The highest BCUT2D eigenvalue weighted by Crippen LogP contribution is 2.43. The van der Waals surface area contributed by atoms with Gasteiger partial charge in [0.05, 0.1) is 0 Å². The molecule has 2 fully saturated rings. The lowest BCUT2D eigenvalue weighted by Crippen LogP contribution is -2.50. The Balaban J connectivity index is 1.52. The van der Waals surface area contributed by atoms with Gasteiger partial charge in [-0.05, 0) is 62.0 Å². The Bertz CT molecular complexity index is 906. The molecule has 1 saturated carbocycles. The third kappa shape index (κ3) is 4.95. The normalized spacial score (nSPS) is 23.3. The van der Waals surface area contributed by atoms with Gasteiger partial charge in [-0.25, -0.2) is 4.79 Å². The van der Waals surface area contributed by atoms with Gasteiger partial charge in [-0.1, -0.05) is 39.0 Å². The smallest absolute Gasteiger partial charge is 0.326 e. The number of nitrogens with zero attached hydrogens (tertiary/aromatic N) is 1. The van der Waals surface area contributed by atoms with E-state index in [1.165, 1.54) is 0 Å². The number of rotatable bonds is 5. The molecule has 32 heavy (non-hydrogen) atoms. The second-order valence-electron chi connectivity index (χ2n) is 10.0. The summed E-state index contributed by atoms with van der Waals surface area (Å²) < 4.78 is 5.03. The molecule has 1 heterocycles. The van der Waals surface area contributed by atoms with Gasteiger partial charge < -0.3 is 15.4 Å². The van der Waals surface area contributed by atoms with Crippen molar-refractivity contribution in [3.8, 4) is 0 Å². The molecule has 174 valence electrons. The van der Waals surface area contributed by atoms with Crippen LogP contribution in [0.15, 0.2) is 18.2 Å². The lowest BCUT2D eigenvalue weighted by molar-refractivity contribution is -0.150. The van der Waals surface area contributed by atoms with Crippen LogP contribution in [0.25, 0.3) is 0 Å². The Morgan fingerprint density at radius 2 is 1.75 bits per heavy atom. The number of urea groups is 1. The minimum absolute atomic E-state index is 0.147. The maximum atomic E-state index is 13.0. The fourth-order valence-corrected chi connectivity index (χ4v) is 4.64. The van der Waals surface area contributed by atoms with Crippen molar-refractivity contribution in [1.29, 1.82) is 0 Å². The summed E-state index contributed by atoms with van der Waals surface area (Å²) in [4.78, 5) is 50.8. The Morgan fingerprint density at radius 3 is 2.31 bits per heavy atom. The summed E-state index contributed by atoms with van der Waals surface area (Å²) in [6, 6.07) is 5.05. The summed E-state index contributed by atoms with van der Waals surface area (Å²) >= 11 is 0. The molecular formula is C24H33N3O5. The molecule has 4 amide bonds. The molecule has 3 rings (SSSR count). The van der Waals surface area contributed by atoms with Gasteiger partial charge in [0.2, 0.25) is 0 Å². The van der Waals surface area contributed by atoms with Crippen molar-refractivity contribution in [3.63, 3.8) is 0 Å². The highest BCUT2D eigenvalue weighted by atomic mass is 16.5. The standard InChI is InChI=1S/C24H33N3O5/c1-15-7-6-8-16(2)20(15)25-18(28)14-32-19(29)13-27-21(30)24(26-22(27)31)11-9-17(10-12-24)23(3,4)5/h6-8,17H,9-14H2,1-5H3,(H,25,28)(H,26,31). The van der Waals surface area contributed by atoms with E-state index in [0.29, 0.717) is 24.4 Å². The van der Waals surface area contributed by atoms with Crippen LogP contribution in [-0.2, 0) is 19.1 Å². The molecule has 2 aliphatic rings. The van der Waals surface area contributed by atoms with Crippen molar-refractivity contribution in [2.45, 2.75) is 65.8 Å². The van der Waals surface area contributed by atoms with Gasteiger partial charge in [0.15, 0.2) is 6.61 Å². The van der Waals surface area contributed by atoms with E-state index in [-0.39, 0.29) is 11.3 Å². The number of carbonyl (C=O) groups is 4. The van der Waals surface area contributed by atoms with Crippen LogP contribution in [0.1, 0.15) is 57.6 Å². The first kappa shape index (κ1) is 23.8. The Labute approximate surface area is 189 Å². The molecule has 2 N–H and O–H groups in total. The molecular weight excluding hydrogens is 410 g/mol. The molecule has 1 aliphatic carbocycles. The van der Waals surface area contributed by atoms with Crippen LogP contribution in [0, 0.1) is 25.2 Å².